The fourth-order valence-electron chi connectivity index (χ4n) is 5.11. The van der Waals surface area contributed by atoms with E-state index in [0.717, 1.165) is 25.2 Å². The SMILES string of the molecule is CCOc1nc(N)c2nc(-c3cncc(F)c3)n(Cc3ccc(CN4C[C@@H]5C[C@H]4CN5)cc3)c2n1. The Morgan fingerprint density at radius 2 is 1.91 bits per heavy atom. The van der Waals surface area contributed by atoms with Crippen LogP contribution in [-0.2, 0) is 13.1 Å². The molecule has 10 heteroatoms. The molecule has 2 fully saturated rings. The van der Waals surface area contributed by atoms with Crippen molar-refractivity contribution in [3.05, 3.63) is 59.7 Å². The number of rotatable bonds is 7. The van der Waals surface area contributed by atoms with E-state index in [1.807, 2.05) is 11.5 Å². The fourth-order valence-corrected chi connectivity index (χ4v) is 5.11. The van der Waals surface area contributed by atoms with Gasteiger partial charge in [-0.25, -0.2) is 9.37 Å². The van der Waals surface area contributed by atoms with Crippen molar-refractivity contribution in [2.45, 2.75) is 38.5 Å². The Kier molecular flexibility index (Phi) is 5.54. The van der Waals surface area contributed by atoms with Crippen molar-refractivity contribution in [1.82, 2.24) is 34.7 Å². The lowest BCUT2D eigenvalue weighted by Crippen LogP contribution is -2.42. The van der Waals surface area contributed by atoms with E-state index in [-0.39, 0.29) is 11.8 Å². The van der Waals surface area contributed by atoms with Gasteiger partial charge < -0.3 is 20.4 Å². The number of nitrogens with one attached hydrogen (secondary N) is 1. The highest BCUT2D eigenvalue weighted by atomic mass is 19.1. The van der Waals surface area contributed by atoms with Gasteiger partial charge in [-0.3, -0.25) is 9.88 Å². The molecule has 0 radical (unpaired) electrons. The van der Waals surface area contributed by atoms with Gasteiger partial charge in [0.25, 0.3) is 0 Å². The molecule has 1 aromatic carbocycles. The van der Waals surface area contributed by atoms with Crippen LogP contribution in [0.1, 0.15) is 24.5 Å². The van der Waals surface area contributed by atoms with E-state index >= 15 is 0 Å². The molecule has 6 rings (SSSR count). The summed E-state index contributed by atoms with van der Waals surface area (Å²) in [6.07, 6.45) is 3.99. The van der Waals surface area contributed by atoms with Crippen molar-refractivity contribution in [1.29, 1.82) is 0 Å². The van der Waals surface area contributed by atoms with E-state index in [9.17, 15) is 4.39 Å². The molecule has 2 saturated heterocycles. The smallest absolute Gasteiger partial charge is 0.320 e. The summed E-state index contributed by atoms with van der Waals surface area (Å²) < 4.78 is 21.4. The maximum Gasteiger partial charge on any atom is 0.320 e. The molecule has 2 atom stereocenters. The number of aromatic nitrogens is 5. The molecule has 0 aliphatic carbocycles. The lowest BCUT2D eigenvalue weighted by molar-refractivity contribution is 0.218. The topological polar surface area (TPSA) is 107 Å². The van der Waals surface area contributed by atoms with Crippen LogP contribution < -0.4 is 15.8 Å². The number of imidazole rings is 1. The number of ether oxygens (including phenoxy) is 1. The van der Waals surface area contributed by atoms with Crippen LogP contribution >= 0.6 is 0 Å². The van der Waals surface area contributed by atoms with Crippen LogP contribution in [0.3, 0.4) is 0 Å². The van der Waals surface area contributed by atoms with Crippen LogP contribution in [0.25, 0.3) is 22.6 Å². The largest absolute Gasteiger partial charge is 0.464 e. The van der Waals surface area contributed by atoms with E-state index in [1.54, 1.807) is 6.20 Å². The average molecular weight is 475 g/mol. The monoisotopic (exact) mass is 474 g/mol. The zero-order chi connectivity index (χ0) is 23.9. The molecule has 3 N–H and O–H groups in total. The normalized spacial score (nSPS) is 19.6. The number of piperazine rings is 1. The molecule has 2 bridgehead atoms. The number of halogens is 1. The first kappa shape index (κ1) is 21.9. The van der Waals surface area contributed by atoms with Crippen LogP contribution in [0.4, 0.5) is 10.2 Å². The van der Waals surface area contributed by atoms with E-state index in [0.29, 0.717) is 47.8 Å². The van der Waals surface area contributed by atoms with Gasteiger partial charge in [-0.1, -0.05) is 24.3 Å². The number of nitrogen functional groups attached to an aromatic ring is 1. The molecule has 5 heterocycles. The summed E-state index contributed by atoms with van der Waals surface area (Å²) in [4.78, 5) is 20.0. The van der Waals surface area contributed by atoms with E-state index in [2.05, 4.69) is 54.4 Å². The third-order valence-electron chi connectivity index (χ3n) is 6.76. The predicted octanol–water partition coefficient (Wildman–Crippen LogP) is 2.60. The third kappa shape index (κ3) is 4.19. The molecule has 0 amide bonds. The molecule has 2 aliphatic heterocycles. The zero-order valence-electron chi connectivity index (χ0n) is 19.5. The van der Waals surface area contributed by atoms with E-state index in [4.69, 9.17) is 10.5 Å². The molecule has 4 aromatic rings. The van der Waals surface area contributed by atoms with Crippen molar-refractivity contribution < 1.29 is 9.13 Å². The summed E-state index contributed by atoms with van der Waals surface area (Å²) in [6, 6.07) is 11.5. The Morgan fingerprint density at radius 3 is 2.60 bits per heavy atom. The number of hydrogen-bond acceptors (Lipinski definition) is 8. The molecule has 0 spiro atoms. The second-order valence-corrected chi connectivity index (χ2v) is 9.15. The van der Waals surface area contributed by atoms with Crippen LogP contribution in [-0.4, -0.2) is 61.2 Å². The predicted molar refractivity (Wildman–Crippen MR) is 130 cm³/mol. The third-order valence-corrected chi connectivity index (χ3v) is 6.76. The number of benzene rings is 1. The maximum atomic E-state index is 14.0. The Balaban J connectivity index is 1.34. The number of nitrogens with two attached hydrogens (primary N) is 1. The van der Waals surface area contributed by atoms with Crippen LogP contribution in [0.15, 0.2) is 42.7 Å². The van der Waals surface area contributed by atoms with Crippen molar-refractivity contribution in [3.8, 4) is 17.4 Å². The molecule has 0 saturated carbocycles. The molecule has 0 unspecified atom stereocenters. The standard InChI is InChI=1S/C25H27FN8O/c1-2-35-25-31-22(27)21-24(32-25)34(23(30-21)17-7-18(26)10-28-9-17)13-16-5-3-15(4-6-16)12-33-14-19-8-20(33)11-29-19/h3-7,9-10,19-20,29H,2,8,11-14H2,1H3,(H2,27,31,32)/t19-,20-/m0/s1. The van der Waals surface area contributed by atoms with Gasteiger partial charge in [0.05, 0.1) is 19.3 Å². The Hall–Kier alpha value is -3.63. The zero-order valence-corrected chi connectivity index (χ0v) is 19.5. The van der Waals surface area contributed by atoms with Gasteiger partial charge in [0, 0.05) is 43.5 Å². The van der Waals surface area contributed by atoms with Gasteiger partial charge in [0.1, 0.15) is 11.6 Å². The minimum Gasteiger partial charge on any atom is -0.464 e. The Labute approximate surface area is 202 Å². The molecular formula is C25H27FN8O. The maximum absolute atomic E-state index is 14.0. The molecular weight excluding hydrogens is 447 g/mol. The summed E-state index contributed by atoms with van der Waals surface area (Å²) in [5, 5.41) is 3.55. The fraction of sp³-hybridized carbons (Fsp3) is 0.360. The van der Waals surface area contributed by atoms with Crippen molar-refractivity contribution >= 4 is 17.0 Å². The van der Waals surface area contributed by atoms with Gasteiger partial charge in [-0.05, 0) is 30.5 Å². The minimum absolute atomic E-state index is 0.187. The first-order valence-electron chi connectivity index (χ1n) is 11.9. The number of nitrogens with zero attached hydrogens (tertiary/aromatic N) is 6. The Morgan fingerprint density at radius 1 is 1.11 bits per heavy atom. The van der Waals surface area contributed by atoms with Gasteiger partial charge in [0.2, 0.25) is 0 Å². The Bertz CT molecular complexity index is 1370. The molecule has 2 aliphatic rings. The number of pyridine rings is 1. The summed E-state index contributed by atoms with van der Waals surface area (Å²) in [5.74, 6) is 0.296. The van der Waals surface area contributed by atoms with Crippen LogP contribution in [0.2, 0.25) is 0 Å². The number of anilines is 1. The van der Waals surface area contributed by atoms with Crippen molar-refractivity contribution in [3.63, 3.8) is 0 Å². The van der Waals surface area contributed by atoms with Crippen LogP contribution in [0.5, 0.6) is 6.01 Å². The summed E-state index contributed by atoms with van der Waals surface area (Å²) in [7, 11) is 0. The van der Waals surface area contributed by atoms with Gasteiger partial charge >= 0.3 is 6.01 Å². The molecule has 9 nitrogen and oxygen atoms in total. The summed E-state index contributed by atoms with van der Waals surface area (Å²) in [6.45, 7) is 5.90. The molecule has 180 valence electrons. The van der Waals surface area contributed by atoms with Gasteiger partial charge in [-0.15, -0.1) is 0 Å². The first-order chi connectivity index (χ1) is 17.1. The quantitative estimate of drug-likeness (QED) is 0.421. The van der Waals surface area contributed by atoms with E-state index < -0.39 is 5.82 Å². The minimum atomic E-state index is -0.440. The molecule has 3 aromatic heterocycles. The number of likely N-dealkylation sites (tertiary alicyclic amines) is 1. The highest BCUT2D eigenvalue weighted by Gasteiger charge is 2.37. The van der Waals surface area contributed by atoms with Gasteiger partial charge in [0.15, 0.2) is 17.0 Å². The van der Waals surface area contributed by atoms with Crippen molar-refractivity contribution in [2.24, 2.45) is 0 Å². The lowest BCUT2D eigenvalue weighted by Gasteiger charge is -2.27. The molecule has 35 heavy (non-hydrogen) atoms. The highest BCUT2D eigenvalue weighted by Crippen LogP contribution is 2.29. The summed E-state index contributed by atoms with van der Waals surface area (Å²) in [5.41, 5.74) is 10.1. The average Bonchev–Trinajstić information content (AvgIpc) is 3.56. The first-order valence-corrected chi connectivity index (χ1v) is 11.9. The van der Waals surface area contributed by atoms with Crippen LogP contribution in [0, 0.1) is 5.82 Å². The second-order valence-electron chi connectivity index (χ2n) is 9.15. The highest BCUT2D eigenvalue weighted by molar-refractivity contribution is 5.85. The van der Waals surface area contributed by atoms with E-state index in [1.165, 1.54) is 24.2 Å². The number of fused-ring (bicyclic) bond motifs is 3. The second kappa shape index (κ2) is 8.86. The summed E-state index contributed by atoms with van der Waals surface area (Å²) >= 11 is 0. The van der Waals surface area contributed by atoms with Crippen molar-refractivity contribution in [2.75, 3.05) is 25.4 Å². The number of hydrogen-bond donors (Lipinski definition) is 2. The van der Waals surface area contributed by atoms with Gasteiger partial charge in [-0.2, -0.15) is 9.97 Å². The lowest BCUT2D eigenvalue weighted by atomic mass is 10.1.